The summed E-state index contributed by atoms with van der Waals surface area (Å²) in [6.07, 6.45) is 3.04. The third-order valence-electron chi connectivity index (χ3n) is 5.68. The minimum absolute atomic E-state index is 0.110. The van der Waals surface area contributed by atoms with Gasteiger partial charge in [0, 0.05) is 36.3 Å². The number of aromatic nitrogens is 1. The monoisotopic (exact) mass is 464 g/mol. The molecule has 1 aliphatic heterocycles. The molecule has 2 aromatic heterocycles. The lowest BCUT2D eigenvalue weighted by Crippen LogP contribution is -2.41. The van der Waals surface area contributed by atoms with Crippen LogP contribution in [0, 0.1) is 5.92 Å². The quantitative estimate of drug-likeness (QED) is 0.512. The van der Waals surface area contributed by atoms with Crippen LogP contribution in [0.5, 0.6) is 0 Å². The van der Waals surface area contributed by atoms with Crippen molar-refractivity contribution in [1.29, 1.82) is 0 Å². The zero-order chi connectivity index (χ0) is 22.9. The Kier molecular flexibility index (Phi) is 7.92. The number of benzene rings is 1. The minimum atomic E-state index is -0.277. The van der Waals surface area contributed by atoms with Gasteiger partial charge >= 0.3 is 6.09 Å². The number of likely N-dealkylation sites (tertiary alicyclic amines) is 1. The summed E-state index contributed by atoms with van der Waals surface area (Å²) < 4.78 is 5.42. The van der Waals surface area contributed by atoms with E-state index in [9.17, 15) is 9.59 Å². The number of anilines is 1. The van der Waals surface area contributed by atoms with Gasteiger partial charge in [-0.05, 0) is 47.9 Å². The summed E-state index contributed by atoms with van der Waals surface area (Å²) in [7, 11) is 0. The van der Waals surface area contributed by atoms with Crippen LogP contribution in [-0.2, 0) is 17.9 Å². The topological polar surface area (TPSA) is 83.6 Å². The molecule has 0 aliphatic carbocycles. The summed E-state index contributed by atoms with van der Waals surface area (Å²) in [5.74, 6) is 0.907. The zero-order valence-electron chi connectivity index (χ0n) is 18.4. The third-order valence-corrected chi connectivity index (χ3v) is 6.55. The van der Waals surface area contributed by atoms with E-state index >= 15 is 0 Å². The van der Waals surface area contributed by atoms with Gasteiger partial charge in [0.1, 0.15) is 12.4 Å². The van der Waals surface area contributed by atoms with Gasteiger partial charge in [0.2, 0.25) is 0 Å². The largest absolute Gasteiger partial charge is 0.445 e. The number of amides is 2. The van der Waals surface area contributed by atoms with Crippen molar-refractivity contribution in [2.75, 3.05) is 25.0 Å². The fourth-order valence-corrected chi connectivity index (χ4v) is 4.37. The number of carbonyl (C=O) groups is 2. The molecular formula is C25H28N4O3S. The number of rotatable bonds is 8. The first kappa shape index (κ1) is 22.8. The average molecular weight is 465 g/mol. The van der Waals surface area contributed by atoms with E-state index in [1.165, 1.54) is 4.88 Å². The van der Waals surface area contributed by atoms with Gasteiger partial charge in [-0.25, -0.2) is 9.78 Å². The maximum absolute atomic E-state index is 12.6. The molecular weight excluding hydrogens is 436 g/mol. The summed E-state index contributed by atoms with van der Waals surface area (Å²) in [4.78, 5) is 32.2. The van der Waals surface area contributed by atoms with Gasteiger partial charge in [-0.1, -0.05) is 36.4 Å². The Morgan fingerprint density at radius 2 is 1.91 bits per heavy atom. The van der Waals surface area contributed by atoms with E-state index in [4.69, 9.17) is 4.74 Å². The first-order valence-corrected chi connectivity index (χ1v) is 12.0. The highest BCUT2D eigenvalue weighted by Crippen LogP contribution is 2.18. The smallest absolute Gasteiger partial charge is 0.410 e. The SMILES string of the molecule is O=C(NCC1CCN(C(=O)OCc2ccccc2)CC1)c1ccnc(NCc2cccs2)c1. The zero-order valence-corrected chi connectivity index (χ0v) is 19.2. The lowest BCUT2D eigenvalue weighted by atomic mass is 9.97. The normalized spacial score (nSPS) is 14.0. The Hall–Kier alpha value is -3.39. The average Bonchev–Trinajstić information content (AvgIpc) is 3.39. The van der Waals surface area contributed by atoms with Gasteiger partial charge < -0.3 is 20.3 Å². The number of pyridine rings is 1. The van der Waals surface area contributed by atoms with Crippen molar-refractivity contribution >= 4 is 29.2 Å². The van der Waals surface area contributed by atoms with Gasteiger partial charge in [-0.15, -0.1) is 11.3 Å². The molecule has 33 heavy (non-hydrogen) atoms. The standard InChI is InChI=1S/C25H28N4O3S/c30-24(21-8-11-26-23(15-21)27-17-22-7-4-14-33-22)28-16-19-9-12-29(13-10-19)25(31)32-18-20-5-2-1-3-6-20/h1-8,11,14-15,19H,9-10,12-13,16-18H2,(H,26,27)(H,28,30). The Bertz CT molecular complexity index is 1030. The molecule has 0 spiro atoms. The molecule has 4 rings (SSSR count). The van der Waals surface area contributed by atoms with Crippen LogP contribution in [0.15, 0.2) is 66.2 Å². The number of piperidine rings is 1. The summed E-state index contributed by atoms with van der Waals surface area (Å²) in [5.41, 5.74) is 1.56. The molecule has 1 aromatic carbocycles. The van der Waals surface area contributed by atoms with Crippen LogP contribution in [-0.4, -0.2) is 41.5 Å². The second-order valence-electron chi connectivity index (χ2n) is 8.04. The van der Waals surface area contributed by atoms with Crippen molar-refractivity contribution < 1.29 is 14.3 Å². The van der Waals surface area contributed by atoms with Gasteiger partial charge in [0.05, 0.1) is 6.54 Å². The van der Waals surface area contributed by atoms with Crippen molar-refractivity contribution in [2.24, 2.45) is 5.92 Å². The molecule has 1 aliphatic rings. The highest BCUT2D eigenvalue weighted by molar-refractivity contribution is 7.09. The van der Waals surface area contributed by atoms with Gasteiger partial charge in [0.15, 0.2) is 0 Å². The van der Waals surface area contributed by atoms with Crippen molar-refractivity contribution in [3.63, 3.8) is 0 Å². The van der Waals surface area contributed by atoms with Crippen LogP contribution < -0.4 is 10.6 Å². The highest BCUT2D eigenvalue weighted by Gasteiger charge is 2.24. The van der Waals surface area contributed by atoms with Crippen LogP contribution >= 0.6 is 11.3 Å². The molecule has 8 heteroatoms. The van der Waals surface area contributed by atoms with Gasteiger partial charge in [-0.3, -0.25) is 4.79 Å². The van der Waals surface area contributed by atoms with E-state index in [-0.39, 0.29) is 18.6 Å². The van der Waals surface area contributed by atoms with E-state index in [0.717, 1.165) is 18.4 Å². The fraction of sp³-hybridized carbons (Fsp3) is 0.320. The number of nitrogens with one attached hydrogen (secondary N) is 2. The molecule has 3 heterocycles. The molecule has 1 fully saturated rings. The molecule has 0 saturated carbocycles. The summed E-state index contributed by atoms with van der Waals surface area (Å²) >= 11 is 1.68. The van der Waals surface area contributed by atoms with Crippen LogP contribution in [0.4, 0.5) is 10.6 Å². The fourth-order valence-electron chi connectivity index (χ4n) is 3.73. The molecule has 0 atom stereocenters. The minimum Gasteiger partial charge on any atom is -0.445 e. The predicted molar refractivity (Wildman–Crippen MR) is 129 cm³/mol. The van der Waals surface area contributed by atoms with Crippen LogP contribution in [0.25, 0.3) is 0 Å². The first-order chi connectivity index (χ1) is 16.2. The number of hydrogen-bond donors (Lipinski definition) is 2. The molecule has 2 N–H and O–H groups in total. The van der Waals surface area contributed by atoms with E-state index < -0.39 is 0 Å². The van der Waals surface area contributed by atoms with Gasteiger partial charge in [-0.2, -0.15) is 0 Å². The summed E-state index contributed by atoms with van der Waals surface area (Å²) in [6, 6.07) is 17.2. The second kappa shape index (κ2) is 11.5. The number of hydrogen-bond acceptors (Lipinski definition) is 6. The molecule has 0 bridgehead atoms. The van der Waals surface area contributed by atoms with Crippen LogP contribution in [0.3, 0.4) is 0 Å². The molecule has 3 aromatic rings. The lowest BCUT2D eigenvalue weighted by Gasteiger charge is -2.31. The van der Waals surface area contributed by atoms with Crippen molar-refractivity contribution in [3.05, 3.63) is 82.2 Å². The maximum Gasteiger partial charge on any atom is 0.410 e. The van der Waals surface area contributed by atoms with E-state index in [2.05, 4.69) is 21.7 Å². The third kappa shape index (κ3) is 6.79. The number of nitrogens with zero attached hydrogens (tertiary/aromatic N) is 2. The second-order valence-corrected chi connectivity index (χ2v) is 9.08. The van der Waals surface area contributed by atoms with E-state index in [0.29, 0.717) is 43.5 Å². The molecule has 0 unspecified atom stereocenters. The Morgan fingerprint density at radius 1 is 1.09 bits per heavy atom. The predicted octanol–water partition coefficient (Wildman–Crippen LogP) is 4.53. The van der Waals surface area contributed by atoms with Crippen LogP contribution in [0.1, 0.15) is 33.6 Å². The molecule has 172 valence electrons. The van der Waals surface area contributed by atoms with Crippen molar-refractivity contribution in [3.8, 4) is 0 Å². The highest BCUT2D eigenvalue weighted by atomic mass is 32.1. The Balaban J connectivity index is 1.17. The first-order valence-electron chi connectivity index (χ1n) is 11.1. The molecule has 1 saturated heterocycles. The molecule has 2 amide bonds. The summed E-state index contributed by atoms with van der Waals surface area (Å²) in [6.45, 7) is 2.83. The Morgan fingerprint density at radius 3 is 2.67 bits per heavy atom. The number of carbonyl (C=O) groups excluding carboxylic acids is 2. The van der Waals surface area contributed by atoms with E-state index in [1.807, 2.05) is 41.8 Å². The Labute approximate surface area is 197 Å². The number of ether oxygens (including phenoxy) is 1. The van der Waals surface area contributed by atoms with Gasteiger partial charge in [0.25, 0.3) is 5.91 Å². The van der Waals surface area contributed by atoms with Crippen molar-refractivity contribution in [1.82, 2.24) is 15.2 Å². The summed E-state index contributed by atoms with van der Waals surface area (Å²) in [5, 5.41) is 8.32. The lowest BCUT2D eigenvalue weighted by molar-refractivity contribution is 0.0801. The van der Waals surface area contributed by atoms with Crippen molar-refractivity contribution in [2.45, 2.75) is 26.0 Å². The number of thiophene rings is 1. The maximum atomic E-state index is 12.6. The van der Waals surface area contributed by atoms with Crippen LogP contribution in [0.2, 0.25) is 0 Å². The molecule has 7 nitrogen and oxygen atoms in total. The van der Waals surface area contributed by atoms with E-state index in [1.54, 1.807) is 34.6 Å². The molecule has 0 radical (unpaired) electrons.